The minimum absolute atomic E-state index is 0.00132. The van der Waals surface area contributed by atoms with Crippen molar-refractivity contribution in [1.29, 1.82) is 0 Å². The maximum atomic E-state index is 12.9. The quantitative estimate of drug-likeness (QED) is 0.270. The van der Waals surface area contributed by atoms with Gasteiger partial charge in [-0.2, -0.15) is 13.1 Å². The molecule has 3 N–H and O–H groups in total. The highest BCUT2D eigenvalue weighted by molar-refractivity contribution is 7.91. The molecule has 0 bridgehead atoms. The molecule has 0 saturated carbocycles. The monoisotopic (exact) mass is 525 g/mol. The zero-order valence-electron chi connectivity index (χ0n) is 18.1. The van der Waals surface area contributed by atoms with E-state index in [1.807, 2.05) is 17.5 Å². The Hall–Kier alpha value is -2.39. The van der Waals surface area contributed by atoms with Gasteiger partial charge in [-0.3, -0.25) is 0 Å². The van der Waals surface area contributed by atoms with Gasteiger partial charge >= 0.3 is 0 Å². The molecule has 0 aliphatic carbocycles. The molecule has 0 saturated heterocycles. The van der Waals surface area contributed by atoms with E-state index in [4.69, 9.17) is 0 Å². The van der Waals surface area contributed by atoms with E-state index in [1.165, 1.54) is 4.31 Å². The van der Waals surface area contributed by atoms with E-state index in [1.54, 1.807) is 30.6 Å². The second kappa shape index (κ2) is 9.85. The van der Waals surface area contributed by atoms with Crippen molar-refractivity contribution in [3.8, 4) is 5.75 Å². The summed E-state index contributed by atoms with van der Waals surface area (Å²) in [6, 6.07) is 4.03. The summed E-state index contributed by atoms with van der Waals surface area (Å²) in [6.45, 7) is 6.20. The Bertz CT molecular complexity index is 1330. The standard InChI is InChI=1S/C19H23N7O3S4/c1-4-11(13-8-7-9-30-13)20-15-16(23-18-17(22-15)24-32-25-18)21-12-10-31-19(14(12)27)33(28,29)26(5-2)6-3/h7-11,27H,4-6H2,1-3H3,(H,20,22,24)(H,21,23,25)/t11-/m1/s1. The van der Waals surface area contributed by atoms with Crippen molar-refractivity contribution in [3.63, 3.8) is 0 Å². The SMILES string of the molecule is CC[C@@H](Nc1nc2nsnc2nc1Nc1csc(S(=O)(=O)N(CC)CC)c1O)c1cccs1. The van der Waals surface area contributed by atoms with Crippen LogP contribution in [0.1, 0.15) is 38.1 Å². The Morgan fingerprint density at radius 1 is 1.09 bits per heavy atom. The van der Waals surface area contributed by atoms with Gasteiger partial charge < -0.3 is 15.7 Å². The van der Waals surface area contributed by atoms with Crippen molar-refractivity contribution in [2.45, 2.75) is 37.4 Å². The summed E-state index contributed by atoms with van der Waals surface area (Å²) in [5.41, 5.74) is 1.01. The van der Waals surface area contributed by atoms with Crippen molar-refractivity contribution in [1.82, 2.24) is 23.0 Å². The van der Waals surface area contributed by atoms with Gasteiger partial charge in [-0.15, -0.1) is 22.7 Å². The molecule has 0 unspecified atom stereocenters. The number of hydrogen-bond acceptors (Lipinski definition) is 12. The van der Waals surface area contributed by atoms with E-state index in [2.05, 4.69) is 36.3 Å². The zero-order chi connectivity index (χ0) is 23.6. The highest BCUT2D eigenvalue weighted by Crippen LogP contribution is 2.41. The number of aromatic hydroxyl groups is 1. The lowest BCUT2D eigenvalue weighted by atomic mass is 10.2. The van der Waals surface area contributed by atoms with Gasteiger partial charge in [0.05, 0.1) is 23.5 Å². The number of nitrogens with zero attached hydrogens (tertiary/aromatic N) is 5. The Kier molecular flexibility index (Phi) is 7.09. The lowest BCUT2D eigenvalue weighted by Crippen LogP contribution is -2.30. The van der Waals surface area contributed by atoms with Crippen LogP contribution in [-0.4, -0.2) is 49.6 Å². The van der Waals surface area contributed by atoms with Gasteiger partial charge in [0, 0.05) is 23.3 Å². The molecule has 0 fully saturated rings. The van der Waals surface area contributed by atoms with E-state index < -0.39 is 10.0 Å². The van der Waals surface area contributed by atoms with E-state index in [0.717, 1.165) is 34.4 Å². The van der Waals surface area contributed by atoms with Gasteiger partial charge in [0.2, 0.25) is 11.3 Å². The van der Waals surface area contributed by atoms with E-state index >= 15 is 0 Å². The maximum absolute atomic E-state index is 12.9. The van der Waals surface area contributed by atoms with Gasteiger partial charge in [-0.1, -0.05) is 26.8 Å². The minimum Gasteiger partial charge on any atom is -0.504 e. The molecule has 1 atom stereocenters. The third-order valence-corrected chi connectivity index (χ3v) is 10.0. The molecule has 4 aromatic rings. The van der Waals surface area contributed by atoms with Crippen LogP contribution in [0.4, 0.5) is 17.3 Å². The highest BCUT2D eigenvalue weighted by atomic mass is 32.2. The topological polar surface area (TPSA) is 133 Å². The molecule has 0 aliphatic rings. The van der Waals surface area contributed by atoms with Crippen LogP contribution in [0.2, 0.25) is 0 Å². The summed E-state index contributed by atoms with van der Waals surface area (Å²) in [5, 5.41) is 20.8. The summed E-state index contributed by atoms with van der Waals surface area (Å²) in [7, 11) is -3.80. The molecule has 0 aliphatic heterocycles. The Morgan fingerprint density at radius 3 is 2.39 bits per heavy atom. The molecule has 0 aromatic carbocycles. The minimum atomic E-state index is -3.80. The molecular formula is C19H23N7O3S4. The van der Waals surface area contributed by atoms with Crippen molar-refractivity contribution in [2.75, 3.05) is 23.7 Å². The highest BCUT2D eigenvalue weighted by Gasteiger charge is 2.29. The number of aromatic nitrogens is 4. The van der Waals surface area contributed by atoms with Gasteiger partial charge in [0.15, 0.2) is 21.6 Å². The summed E-state index contributed by atoms with van der Waals surface area (Å²) >= 11 is 3.60. The second-order valence-electron chi connectivity index (χ2n) is 6.95. The van der Waals surface area contributed by atoms with Crippen molar-refractivity contribution < 1.29 is 13.5 Å². The lowest BCUT2D eigenvalue weighted by Gasteiger charge is -2.19. The zero-order valence-corrected chi connectivity index (χ0v) is 21.4. The first kappa shape index (κ1) is 23.8. The van der Waals surface area contributed by atoms with Gasteiger partial charge in [0.25, 0.3) is 10.0 Å². The average Bonchev–Trinajstić information content (AvgIpc) is 3.55. The first-order chi connectivity index (χ1) is 15.9. The molecule has 4 aromatic heterocycles. The van der Waals surface area contributed by atoms with Crippen LogP contribution in [0.5, 0.6) is 5.75 Å². The molecule has 10 nitrogen and oxygen atoms in total. The predicted octanol–water partition coefficient (Wildman–Crippen LogP) is 4.65. The Labute approximate surface area is 203 Å². The van der Waals surface area contributed by atoms with Crippen LogP contribution in [0, 0.1) is 0 Å². The molecule has 4 heterocycles. The molecular weight excluding hydrogens is 503 g/mol. The largest absolute Gasteiger partial charge is 0.504 e. The smallest absolute Gasteiger partial charge is 0.256 e. The van der Waals surface area contributed by atoms with Crippen molar-refractivity contribution in [2.24, 2.45) is 0 Å². The summed E-state index contributed by atoms with van der Waals surface area (Å²) in [4.78, 5) is 10.2. The first-order valence-electron chi connectivity index (χ1n) is 10.3. The summed E-state index contributed by atoms with van der Waals surface area (Å²) in [5.74, 6) is 0.417. The van der Waals surface area contributed by atoms with Crippen LogP contribution in [0.25, 0.3) is 11.3 Å². The number of rotatable bonds is 10. The Balaban J connectivity index is 1.71. The molecule has 0 spiro atoms. The van der Waals surface area contributed by atoms with Gasteiger partial charge in [0.1, 0.15) is 0 Å². The van der Waals surface area contributed by atoms with E-state index in [0.29, 0.717) is 36.0 Å². The van der Waals surface area contributed by atoms with Crippen LogP contribution in [0.15, 0.2) is 27.1 Å². The molecule has 14 heteroatoms. The molecule has 33 heavy (non-hydrogen) atoms. The van der Waals surface area contributed by atoms with Crippen molar-refractivity contribution >= 4 is 73.0 Å². The molecule has 176 valence electrons. The molecule has 4 rings (SSSR count). The van der Waals surface area contributed by atoms with E-state index in [-0.39, 0.29) is 21.7 Å². The van der Waals surface area contributed by atoms with E-state index in [9.17, 15) is 13.5 Å². The van der Waals surface area contributed by atoms with Gasteiger partial charge in [-0.05, 0) is 17.9 Å². The predicted molar refractivity (Wildman–Crippen MR) is 133 cm³/mol. The normalized spacial score (nSPS) is 13.0. The third-order valence-electron chi connectivity index (χ3n) is 4.99. The average molecular weight is 526 g/mol. The first-order valence-corrected chi connectivity index (χ1v) is 14.2. The molecule has 0 radical (unpaired) electrons. The number of fused-ring (bicyclic) bond motifs is 1. The van der Waals surface area contributed by atoms with Crippen molar-refractivity contribution in [3.05, 3.63) is 27.8 Å². The second-order valence-corrected chi connectivity index (χ2v) is 11.5. The number of thiophene rings is 2. The fourth-order valence-electron chi connectivity index (χ4n) is 3.27. The Morgan fingerprint density at radius 2 is 1.79 bits per heavy atom. The fraction of sp³-hybridized carbons (Fsp3) is 0.368. The third kappa shape index (κ3) is 4.66. The van der Waals surface area contributed by atoms with Gasteiger partial charge in [-0.25, -0.2) is 18.4 Å². The number of hydrogen-bond donors (Lipinski definition) is 3. The van der Waals surface area contributed by atoms with Crippen LogP contribution < -0.4 is 10.6 Å². The summed E-state index contributed by atoms with van der Waals surface area (Å²) in [6.07, 6.45) is 0.810. The lowest BCUT2D eigenvalue weighted by molar-refractivity contribution is 0.434. The van der Waals surface area contributed by atoms with Crippen LogP contribution in [-0.2, 0) is 10.0 Å². The number of nitrogens with one attached hydrogen (secondary N) is 2. The summed E-state index contributed by atoms with van der Waals surface area (Å²) < 4.78 is 35.3. The molecule has 0 amide bonds. The number of sulfonamides is 1. The maximum Gasteiger partial charge on any atom is 0.256 e. The number of anilines is 3. The fourth-order valence-corrected chi connectivity index (χ4v) is 7.40. The van der Waals surface area contributed by atoms with Crippen LogP contribution in [0.3, 0.4) is 0 Å². The van der Waals surface area contributed by atoms with Crippen LogP contribution >= 0.6 is 34.4 Å².